The average Bonchev–Trinajstić information content (AvgIpc) is 3.74. The zero-order chi connectivity index (χ0) is 28.5. The molecule has 41 heavy (non-hydrogen) atoms. The lowest BCUT2D eigenvalue weighted by molar-refractivity contribution is 0.0562. The highest BCUT2D eigenvalue weighted by molar-refractivity contribution is 7.91. The molecule has 0 spiro atoms. The number of pyridine rings is 1. The fourth-order valence-corrected chi connectivity index (χ4v) is 7.36. The Morgan fingerprint density at radius 1 is 1.07 bits per heavy atom. The molecule has 0 aromatic carbocycles. The zero-order valence-electron chi connectivity index (χ0n) is 22.3. The molecule has 7 rings (SSSR count). The van der Waals surface area contributed by atoms with Crippen LogP contribution in [0.3, 0.4) is 0 Å². The van der Waals surface area contributed by atoms with Crippen LogP contribution in [0.25, 0.3) is 28.2 Å². The Bertz CT molecular complexity index is 1880. The fourth-order valence-electron chi connectivity index (χ4n) is 6.30. The predicted molar refractivity (Wildman–Crippen MR) is 147 cm³/mol. The molecule has 3 N–H and O–H groups in total. The number of fused-ring (bicyclic) bond motifs is 3. The first-order chi connectivity index (χ1) is 19.7. The molecular weight excluding hydrogens is 546 g/mol. The van der Waals surface area contributed by atoms with E-state index in [0.717, 1.165) is 36.0 Å². The van der Waals surface area contributed by atoms with E-state index in [4.69, 9.17) is 10.7 Å². The van der Waals surface area contributed by atoms with Crippen LogP contribution in [0, 0.1) is 0 Å². The summed E-state index contributed by atoms with van der Waals surface area (Å²) in [6, 6.07) is 5.53. The van der Waals surface area contributed by atoms with Gasteiger partial charge in [-0.1, -0.05) is 6.07 Å². The summed E-state index contributed by atoms with van der Waals surface area (Å²) in [5.41, 5.74) is 10.6. The molecular formula is C26H27N11O3S. The lowest BCUT2D eigenvalue weighted by Crippen LogP contribution is -2.46. The van der Waals surface area contributed by atoms with E-state index in [-0.39, 0.29) is 40.3 Å². The number of amides is 1. The van der Waals surface area contributed by atoms with Crippen molar-refractivity contribution in [2.24, 2.45) is 7.05 Å². The molecule has 0 radical (unpaired) electrons. The Morgan fingerprint density at radius 2 is 1.85 bits per heavy atom. The van der Waals surface area contributed by atoms with E-state index in [0.29, 0.717) is 29.7 Å². The summed E-state index contributed by atoms with van der Waals surface area (Å²) in [7, 11) is -1.90. The van der Waals surface area contributed by atoms with Gasteiger partial charge in [-0.25, -0.2) is 13.4 Å². The SMILES string of the molecule is Cn1ccc(-c2ccc(-c3cnn4c(N)c(S(C)(=O)=O)c([C@H]5C[C@H]6CC[C@@H](C5)N6C(=O)c5cn[nH]n5)nc34)cn2)n1. The molecule has 2 bridgehead atoms. The van der Waals surface area contributed by atoms with Crippen LogP contribution in [0.2, 0.25) is 0 Å². The molecule has 3 atom stereocenters. The van der Waals surface area contributed by atoms with Crippen LogP contribution in [-0.2, 0) is 16.9 Å². The van der Waals surface area contributed by atoms with E-state index in [1.807, 2.05) is 36.3 Å². The van der Waals surface area contributed by atoms with Crippen molar-refractivity contribution in [3.63, 3.8) is 0 Å². The third-order valence-electron chi connectivity index (χ3n) is 8.07. The highest BCUT2D eigenvalue weighted by atomic mass is 32.2. The van der Waals surface area contributed by atoms with Gasteiger partial charge in [0.15, 0.2) is 21.2 Å². The topological polar surface area (TPSA) is 183 Å². The van der Waals surface area contributed by atoms with Gasteiger partial charge >= 0.3 is 0 Å². The molecule has 2 aliphatic rings. The van der Waals surface area contributed by atoms with E-state index < -0.39 is 9.84 Å². The molecule has 2 aliphatic heterocycles. The monoisotopic (exact) mass is 573 g/mol. The van der Waals surface area contributed by atoms with Crippen molar-refractivity contribution in [2.45, 2.75) is 48.6 Å². The zero-order valence-corrected chi connectivity index (χ0v) is 23.2. The maximum atomic E-state index is 13.2. The van der Waals surface area contributed by atoms with Crippen LogP contribution in [0.15, 0.2) is 47.9 Å². The second-order valence-corrected chi connectivity index (χ2v) is 12.7. The van der Waals surface area contributed by atoms with Crippen molar-refractivity contribution in [2.75, 3.05) is 12.0 Å². The lowest BCUT2D eigenvalue weighted by atomic mass is 9.87. The molecule has 5 aromatic rings. The number of aromatic amines is 1. The minimum Gasteiger partial charge on any atom is -0.382 e. The summed E-state index contributed by atoms with van der Waals surface area (Å²) in [4.78, 5) is 24.5. The van der Waals surface area contributed by atoms with Gasteiger partial charge in [0.25, 0.3) is 5.91 Å². The van der Waals surface area contributed by atoms with Crippen molar-refractivity contribution < 1.29 is 13.2 Å². The number of nitrogens with zero attached hydrogens (tertiary/aromatic N) is 9. The van der Waals surface area contributed by atoms with Gasteiger partial charge in [0.1, 0.15) is 16.4 Å². The first kappa shape index (κ1) is 25.3. The molecule has 0 saturated carbocycles. The summed E-state index contributed by atoms with van der Waals surface area (Å²) in [5, 5.41) is 19.0. The minimum absolute atomic E-state index is 0.0102. The van der Waals surface area contributed by atoms with Crippen LogP contribution in [0.5, 0.6) is 0 Å². The highest BCUT2D eigenvalue weighted by Crippen LogP contribution is 2.45. The number of carbonyl (C=O) groups excluding carboxylic acids is 1. The van der Waals surface area contributed by atoms with Gasteiger partial charge in [-0.15, -0.1) is 0 Å². The van der Waals surface area contributed by atoms with Crippen LogP contribution in [0.4, 0.5) is 5.82 Å². The van der Waals surface area contributed by atoms with Gasteiger partial charge in [-0.05, 0) is 37.8 Å². The second kappa shape index (κ2) is 9.19. The number of carbonyl (C=O) groups is 1. The third-order valence-corrected chi connectivity index (χ3v) is 9.23. The van der Waals surface area contributed by atoms with Gasteiger partial charge in [-0.3, -0.25) is 14.5 Å². The summed E-state index contributed by atoms with van der Waals surface area (Å²) in [6.07, 6.45) is 10.5. The van der Waals surface area contributed by atoms with E-state index in [9.17, 15) is 13.2 Å². The number of nitrogen functional groups attached to an aromatic ring is 1. The number of rotatable bonds is 5. The Morgan fingerprint density at radius 3 is 2.46 bits per heavy atom. The molecule has 1 amide bonds. The molecule has 15 heteroatoms. The number of sulfone groups is 1. The molecule has 0 aliphatic carbocycles. The Kier molecular flexibility index (Phi) is 5.67. The number of anilines is 1. The first-order valence-electron chi connectivity index (χ1n) is 13.2. The fraction of sp³-hybridized carbons (Fsp3) is 0.346. The van der Waals surface area contributed by atoms with Crippen molar-refractivity contribution in [1.29, 1.82) is 0 Å². The number of aromatic nitrogens is 9. The highest BCUT2D eigenvalue weighted by Gasteiger charge is 2.46. The number of nitrogens with one attached hydrogen (secondary N) is 1. The minimum atomic E-state index is -3.75. The third kappa shape index (κ3) is 4.15. The van der Waals surface area contributed by atoms with Crippen LogP contribution in [0.1, 0.15) is 47.8 Å². The number of piperidine rings is 1. The van der Waals surface area contributed by atoms with Gasteiger partial charge < -0.3 is 10.6 Å². The number of H-pyrrole nitrogens is 1. The number of nitrogens with two attached hydrogens (primary N) is 1. The van der Waals surface area contributed by atoms with Crippen LogP contribution >= 0.6 is 0 Å². The van der Waals surface area contributed by atoms with Crippen molar-refractivity contribution in [3.05, 3.63) is 54.4 Å². The number of hydrogen-bond donors (Lipinski definition) is 2. The number of hydrogen-bond acceptors (Lipinski definition) is 10. The number of aryl methyl sites for hydroxylation is 1. The van der Waals surface area contributed by atoms with Crippen LogP contribution < -0.4 is 5.73 Å². The standard InChI is InChI=1S/C26H27N11O3S/c1-35-8-7-20(33-35)19-6-3-14(11-28-19)18-12-30-37-24(27)23(41(2,39)40)22(31-25(18)37)15-9-16-4-5-17(10-15)36(16)26(38)21-13-29-34-32-21/h3,6-8,11-13,15-17H,4-5,9-10,27H2,1-2H3,(H,29,32,34)/t15-,16+,17-. The molecule has 210 valence electrons. The normalized spacial score (nSPS) is 20.6. The Balaban J connectivity index is 1.28. The average molecular weight is 574 g/mol. The Labute approximate surface area is 234 Å². The summed E-state index contributed by atoms with van der Waals surface area (Å²) < 4.78 is 29.2. The summed E-state index contributed by atoms with van der Waals surface area (Å²) in [5.74, 6) is -0.362. The Hall–Kier alpha value is -4.66. The molecule has 5 aromatic heterocycles. The first-order valence-corrected chi connectivity index (χ1v) is 15.1. The molecule has 2 saturated heterocycles. The largest absolute Gasteiger partial charge is 0.382 e. The van der Waals surface area contributed by atoms with Crippen LogP contribution in [-0.4, -0.2) is 82.3 Å². The lowest BCUT2D eigenvalue weighted by Gasteiger charge is -2.38. The quantitative estimate of drug-likeness (QED) is 0.315. The molecule has 0 unspecified atom stereocenters. The molecule has 14 nitrogen and oxygen atoms in total. The van der Waals surface area contributed by atoms with Gasteiger partial charge in [0.2, 0.25) is 0 Å². The van der Waals surface area contributed by atoms with E-state index in [1.165, 1.54) is 10.7 Å². The summed E-state index contributed by atoms with van der Waals surface area (Å²) in [6.45, 7) is 0. The van der Waals surface area contributed by atoms with Crippen molar-refractivity contribution in [3.8, 4) is 22.5 Å². The molecule has 2 fully saturated rings. The maximum absolute atomic E-state index is 13.2. The van der Waals surface area contributed by atoms with E-state index >= 15 is 0 Å². The maximum Gasteiger partial charge on any atom is 0.276 e. The van der Waals surface area contributed by atoms with Gasteiger partial charge in [0.05, 0.1) is 23.8 Å². The smallest absolute Gasteiger partial charge is 0.276 e. The van der Waals surface area contributed by atoms with E-state index in [2.05, 4.69) is 30.6 Å². The predicted octanol–water partition coefficient (Wildman–Crippen LogP) is 1.85. The van der Waals surface area contributed by atoms with Gasteiger partial charge in [-0.2, -0.15) is 30.1 Å². The summed E-state index contributed by atoms with van der Waals surface area (Å²) >= 11 is 0. The van der Waals surface area contributed by atoms with Crippen molar-refractivity contribution >= 4 is 27.2 Å². The van der Waals surface area contributed by atoms with Crippen molar-refractivity contribution in [1.82, 2.24) is 49.7 Å². The second-order valence-electron chi connectivity index (χ2n) is 10.7. The van der Waals surface area contributed by atoms with E-state index in [1.54, 1.807) is 17.1 Å². The molecule has 7 heterocycles. The van der Waals surface area contributed by atoms with Gasteiger partial charge in [0, 0.05) is 54.8 Å².